The summed E-state index contributed by atoms with van der Waals surface area (Å²) in [5.41, 5.74) is 1.73. The molecule has 108 valence electrons. The van der Waals surface area contributed by atoms with Gasteiger partial charge in [0.25, 0.3) is 0 Å². The van der Waals surface area contributed by atoms with Gasteiger partial charge in [0.15, 0.2) is 0 Å². The van der Waals surface area contributed by atoms with Gasteiger partial charge in [-0.15, -0.1) is 0 Å². The maximum absolute atomic E-state index is 12.5. The van der Waals surface area contributed by atoms with Gasteiger partial charge in [0.2, 0.25) is 0 Å². The van der Waals surface area contributed by atoms with E-state index < -0.39 is 17.8 Å². The molecule has 0 saturated carbocycles. The highest BCUT2D eigenvalue weighted by molar-refractivity contribution is 5.76. The zero-order chi connectivity index (χ0) is 14.8. The summed E-state index contributed by atoms with van der Waals surface area (Å²) in [5, 5.41) is 5.23. The molecule has 0 heterocycles. The van der Waals surface area contributed by atoms with E-state index in [0.29, 0.717) is 5.56 Å². The van der Waals surface area contributed by atoms with Gasteiger partial charge in [-0.1, -0.05) is 17.7 Å². The number of hydrogen-bond acceptors (Lipinski definition) is 1. The van der Waals surface area contributed by atoms with Crippen LogP contribution in [0.3, 0.4) is 0 Å². The van der Waals surface area contributed by atoms with Crippen molar-refractivity contribution in [1.82, 2.24) is 10.6 Å². The maximum atomic E-state index is 12.5. The molecule has 3 nitrogen and oxygen atoms in total. The number of nitrogens with one attached hydrogen (secondary N) is 2. The molecule has 0 aromatic heterocycles. The smallest absolute Gasteiger partial charge is 0.334 e. The predicted molar refractivity (Wildman–Crippen MR) is 68.7 cm³/mol. The molecular weight excluding hydrogens is 269 g/mol. The number of urea groups is 1. The minimum Gasteiger partial charge on any atom is -0.334 e. The lowest BCUT2D eigenvalue weighted by Gasteiger charge is -2.21. The van der Waals surface area contributed by atoms with Gasteiger partial charge in [0, 0.05) is 12.2 Å². The average Bonchev–Trinajstić information content (AvgIpc) is 2.40. The Bertz CT molecular complexity index is 550. The first-order valence-electron chi connectivity index (χ1n) is 6.26. The number of benzene rings is 1. The van der Waals surface area contributed by atoms with Gasteiger partial charge in [-0.05, 0) is 37.5 Å². The van der Waals surface area contributed by atoms with Crippen LogP contribution in [-0.4, -0.2) is 6.03 Å². The standard InChI is InChI=1S/C14H15F3N2O/c1-9-5-6-12(9)19-13(20)18-8-10-3-2-4-11(7-10)14(15,16)17/h2-4,7H,5-6,8H2,1H3,(H2,18,19,20). The highest BCUT2D eigenvalue weighted by Gasteiger charge is 2.30. The molecule has 1 aliphatic carbocycles. The highest BCUT2D eigenvalue weighted by atomic mass is 19.4. The van der Waals surface area contributed by atoms with Crippen molar-refractivity contribution in [3.05, 3.63) is 46.7 Å². The first-order valence-corrected chi connectivity index (χ1v) is 6.26. The Hall–Kier alpha value is -1.98. The summed E-state index contributed by atoms with van der Waals surface area (Å²) >= 11 is 0. The normalized spacial score (nSPS) is 14.8. The molecule has 6 heteroatoms. The summed E-state index contributed by atoms with van der Waals surface area (Å²) in [5.74, 6) is 0. The molecule has 0 fully saturated rings. The van der Waals surface area contributed by atoms with E-state index in [1.54, 1.807) is 6.07 Å². The minimum absolute atomic E-state index is 0.0576. The average molecular weight is 284 g/mol. The summed E-state index contributed by atoms with van der Waals surface area (Å²) < 4.78 is 37.6. The van der Waals surface area contributed by atoms with Crippen LogP contribution in [0.25, 0.3) is 0 Å². The van der Waals surface area contributed by atoms with E-state index in [9.17, 15) is 18.0 Å². The van der Waals surface area contributed by atoms with Crippen LogP contribution >= 0.6 is 0 Å². The number of hydrogen-bond donors (Lipinski definition) is 2. The molecule has 0 spiro atoms. The number of alkyl halides is 3. The fraction of sp³-hybridized carbons (Fsp3) is 0.357. The molecule has 0 bridgehead atoms. The number of rotatable bonds is 3. The third kappa shape index (κ3) is 3.53. The molecule has 1 aromatic carbocycles. The van der Waals surface area contributed by atoms with E-state index in [2.05, 4.69) is 10.6 Å². The number of carbonyl (C=O) groups is 1. The van der Waals surface area contributed by atoms with Crippen LogP contribution in [0.1, 0.15) is 30.9 Å². The number of halogens is 3. The van der Waals surface area contributed by atoms with Crippen LogP contribution in [0.2, 0.25) is 0 Å². The van der Waals surface area contributed by atoms with Crippen LogP contribution in [0.4, 0.5) is 18.0 Å². The second kappa shape index (κ2) is 5.56. The van der Waals surface area contributed by atoms with E-state index in [4.69, 9.17) is 0 Å². The molecule has 2 rings (SSSR count). The van der Waals surface area contributed by atoms with Crippen molar-refractivity contribution >= 4 is 6.03 Å². The summed E-state index contributed by atoms with van der Waals surface area (Å²) in [6, 6.07) is 4.52. The second-order valence-electron chi connectivity index (χ2n) is 4.76. The third-order valence-electron chi connectivity index (χ3n) is 3.24. The van der Waals surface area contributed by atoms with Crippen LogP contribution in [-0.2, 0) is 12.7 Å². The summed E-state index contributed by atoms with van der Waals surface area (Å²) in [7, 11) is 0. The fourth-order valence-corrected chi connectivity index (χ4v) is 1.89. The first kappa shape index (κ1) is 14.4. The molecular formula is C14H15F3N2O. The maximum Gasteiger partial charge on any atom is 0.416 e. The Morgan fingerprint density at radius 3 is 2.60 bits per heavy atom. The summed E-state index contributed by atoms with van der Waals surface area (Å²) in [6.07, 6.45) is -2.56. The molecule has 0 saturated heterocycles. The van der Waals surface area contributed by atoms with Gasteiger partial charge < -0.3 is 10.6 Å². The third-order valence-corrected chi connectivity index (χ3v) is 3.24. The Morgan fingerprint density at radius 2 is 2.05 bits per heavy atom. The van der Waals surface area contributed by atoms with Gasteiger partial charge in [0.05, 0.1) is 5.56 Å². The Balaban J connectivity index is 1.91. The fourth-order valence-electron chi connectivity index (χ4n) is 1.89. The molecule has 20 heavy (non-hydrogen) atoms. The quantitative estimate of drug-likeness (QED) is 0.875. The van der Waals surface area contributed by atoms with Crippen LogP contribution in [0.5, 0.6) is 0 Å². The van der Waals surface area contributed by atoms with Crippen molar-refractivity contribution in [2.75, 3.05) is 0 Å². The molecule has 2 N–H and O–H groups in total. The van der Waals surface area contributed by atoms with E-state index in [0.717, 1.165) is 36.2 Å². The van der Waals surface area contributed by atoms with Crippen molar-refractivity contribution in [2.45, 2.75) is 32.5 Å². The molecule has 1 aromatic rings. The number of allylic oxidation sites excluding steroid dienone is 2. The SMILES string of the molecule is CC1=C(NC(=O)NCc2cccc(C(F)(F)F)c2)CC1. The van der Waals surface area contributed by atoms with Crippen molar-refractivity contribution in [3.8, 4) is 0 Å². The second-order valence-corrected chi connectivity index (χ2v) is 4.76. The van der Waals surface area contributed by atoms with Crippen LogP contribution in [0.15, 0.2) is 35.5 Å². The molecule has 0 radical (unpaired) electrons. The van der Waals surface area contributed by atoms with Crippen molar-refractivity contribution in [2.24, 2.45) is 0 Å². The Labute approximate surface area is 114 Å². The Morgan fingerprint density at radius 1 is 1.30 bits per heavy atom. The lowest BCUT2D eigenvalue weighted by molar-refractivity contribution is -0.137. The zero-order valence-corrected chi connectivity index (χ0v) is 11.0. The molecule has 0 aliphatic heterocycles. The summed E-state index contributed by atoms with van der Waals surface area (Å²) in [6.45, 7) is 1.99. The van der Waals surface area contributed by atoms with E-state index >= 15 is 0 Å². The van der Waals surface area contributed by atoms with Crippen molar-refractivity contribution in [3.63, 3.8) is 0 Å². The van der Waals surface area contributed by atoms with Crippen molar-refractivity contribution in [1.29, 1.82) is 0 Å². The van der Waals surface area contributed by atoms with Gasteiger partial charge in [0.1, 0.15) is 0 Å². The summed E-state index contributed by atoms with van der Waals surface area (Å²) in [4.78, 5) is 11.6. The van der Waals surface area contributed by atoms with Gasteiger partial charge >= 0.3 is 12.2 Å². The molecule has 1 aliphatic rings. The first-order chi connectivity index (χ1) is 9.36. The van der Waals surface area contributed by atoms with Crippen LogP contribution in [0, 0.1) is 0 Å². The van der Waals surface area contributed by atoms with Crippen molar-refractivity contribution < 1.29 is 18.0 Å². The molecule has 0 atom stereocenters. The molecule has 2 amide bonds. The van der Waals surface area contributed by atoms with Gasteiger partial charge in [-0.25, -0.2) is 4.79 Å². The predicted octanol–water partition coefficient (Wildman–Crippen LogP) is 3.57. The number of carbonyl (C=O) groups excluding carboxylic acids is 1. The Kier molecular flexibility index (Phi) is 4.01. The number of amides is 2. The lowest BCUT2D eigenvalue weighted by Crippen LogP contribution is -2.36. The van der Waals surface area contributed by atoms with Gasteiger partial charge in [-0.3, -0.25) is 0 Å². The van der Waals surface area contributed by atoms with E-state index in [-0.39, 0.29) is 6.54 Å². The van der Waals surface area contributed by atoms with Crippen LogP contribution < -0.4 is 10.6 Å². The highest BCUT2D eigenvalue weighted by Crippen LogP contribution is 2.29. The zero-order valence-electron chi connectivity index (χ0n) is 11.0. The van der Waals surface area contributed by atoms with E-state index in [1.807, 2.05) is 6.92 Å². The topological polar surface area (TPSA) is 41.1 Å². The minimum atomic E-state index is -4.37. The molecule has 0 unspecified atom stereocenters. The monoisotopic (exact) mass is 284 g/mol. The van der Waals surface area contributed by atoms with Gasteiger partial charge in [-0.2, -0.15) is 13.2 Å². The largest absolute Gasteiger partial charge is 0.416 e. The van der Waals surface area contributed by atoms with E-state index in [1.165, 1.54) is 6.07 Å². The lowest BCUT2D eigenvalue weighted by atomic mass is 9.96.